The Kier molecular flexibility index (Phi) is 4.56. The zero-order valence-corrected chi connectivity index (χ0v) is 9.14. The molecule has 0 unspecified atom stereocenters. The van der Waals surface area contributed by atoms with E-state index in [0.717, 1.165) is 0 Å². The minimum Gasteiger partial charge on any atom is -0.466 e. The number of nitrogens with two attached hydrogens (primary N) is 1. The molecule has 0 radical (unpaired) electrons. The molecule has 1 heterocycles. The normalized spacial score (nSPS) is 10.3. The van der Waals surface area contributed by atoms with Gasteiger partial charge in [-0.15, -0.1) is 0 Å². The number of anilines is 1. The molecule has 0 aliphatic carbocycles. The molecule has 1 aromatic rings. The highest BCUT2D eigenvalue weighted by Crippen LogP contribution is 2.02. The quantitative estimate of drug-likeness (QED) is 0.550. The first kappa shape index (κ1) is 12.3. The van der Waals surface area contributed by atoms with Gasteiger partial charge in [0.25, 0.3) is 0 Å². The van der Waals surface area contributed by atoms with Gasteiger partial charge in [-0.3, -0.25) is 9.32 Å². The van der Waals surface area contributed by atoms with Gasteiger partial charge >= 0.3 is 11.7 Å². The Morgan fingerprint density at radius 2 is 2.31 bits per heavy atom. The Labute approximate surface area is 92.2 Å². The van der Waals surface area contributed by atoms with Crippen molar-refractivity contribution < 1.29 is 14.1 Å². The number of hydrogen-bond acceptors (Lipinski definition) is 6. The standard InChI is InChI=1S/C9H15N3O4/c1-2-15-7(13)5-3-4-6-12-8(10)11-16-9(12)14/h2-6H2,1H3,(H2,10,11). The number of esters is 1. The molecule has 0 aliphatic rings. The van der Waals surface area contributed by atoms with E-state index in [0.29, 0.717) is 32.4 Å². The van der Waals surface area contributed by atoms with Crippen molar-refractivity contribution in [3.05, 3.63) is 10.6 Å². The van der Waals surface area contributed by atoms with Gasteiger partial charge in [-0.2, -0.15) is 0 Å². The molecular weight excluding hydrogens is 214 g/mol. The molecule has 7 heteroatoms. The second-order valence-electron chi connectivity index (χ2n) is 3.22. The van der Waals surface area contributed by atoms with E-state index in [1.54, 1.807) is 6.92 Å². The molecule has 90 valence electrons. The fraction of sp³-hybridized carbons (Fsp3) is 0.667. The number of unbranched alkanes of at least 4 members (excludes halogenated alkanes) is 1. The minimum absolute atomic E-state index is 0.0566. The molecule has 0 spiro atoms. The highest BCUT2D eigenvalue weighted by Gasteiger charge is 2.07. The van der Waals surface area contributed by atoms with Crippen molar-refractivity contribution in [2.75, 3.05) is 12.3 Å². The van der Waals surface area contributed by atoms with Crippen LogP contribution in [0.15, 0.2) is 9.32 Å². The van der Waals surface area contributed by atoms with Gasteiger partial charge in [0, 0.05) is 13.0 Å². The first-order valence-corrected chi connectivity index (χ1v) is 5.12. The van der Waals surface area contributed by atoms with Crippen molar-refractivity contribution >= 4 is 11.9 Å². The lowest BCUT2D eigenvalue weighted by molar-refractivity contribution is -0.143. The highest BCUT2D eigenvalue weighted by atomic mass is 16.5. The van der Waals surface area contributed by atoms with Gasteiger partial charge in [-0.1, -0.05) is 0 Å². The van der Waals surface area contributed by atoms with Crippen LogP contribution in [0.1, 0.15) is 26.2 Å². The van der Waals surface area contributed by atoms with Gasteiger partial charge in [0.2, 0.25) is 5.95 Å². The molecule has 0 fully saturated rings. The van der Waals surface area contributed by atoms with Crippen molar-refractivity contribution in [1.29, 1.82) is 0 Å². The largest absolute Gasteiger partial charge is 0.466 e. The summed E-state index contributed by atoms with van der Waals surface area (Å²) in [5, 5.41) is 3.32. The van der Waals surface area contributed by atoms with Gasteiger partial charge in [0.1, 0.15) is 0 Å². The Morgan fingerprint density at radius 1 is 1.56 bits per heavy atom. The van der Waals surface area contributed by atoms with Crippen LogP contribution in [-0.4, -0.2) is 22.3 Å². The van der Waals surface area contributed by atoms with E-state index in [4.69, 9.17) is 10.5 Å². The van der Waals surface area contributed by atoms with Crippen LogP contribution in [0, 0.1) is 0 Å². The zero-order valence-electron chi connectivity index (χ0n) is 9.14. The lowest BCUT2D eigenvalue weighted by atomic mass is 10.2. The fourth-order valence-corrected chi connectivity index (χ4v) is 1.26. The number of aromatic nitrogens is 2. The molecule has 0 amide bonds. The number of ether oxygens (including phenoxy) is 1. The van der Waals surface area contributed by atoms with Gasteiger partial charge in [0.05, 0.1) is 6.61 Å². The second-order valence-corrected chi connectivity index (χ2v) is 3.22. The first-order valence-electron chi connectivity index (χ1n) is 5.12. The van der Waals surface area contributed by atoms with Crippen LogP contribution in [0.5, 0.6) is 0 Å². The van der Waals surface area contributed by atoms with Crippen molar-refractivity contribution in [3.63, 3.8) is 0 Å². The summed E-state index contributed by atoms with van der Waals surface area (Å²) < 4.78 is 10.3. The molecule has 0 saturated carbocycles. The SMILES string of the molecule is CCOC(=O)CCCCn1c(N)noc1=O. The second kappa shape index (κ2) is 5.94. The van der Waals surface area contributed by atoms with Crippen LogP contribution in [0.2, 0.25) is 0 Å². The summed E-state index contributed by atoms with van der Waals surface area (Å²) in [5.74, 6) is -0.747. The summed E-state index contributed by atoms with van der Waals surface area (Å²) in [6.45, 7) is 2.54. The number of carbonyl (C=O) groups excluding carboxylic acids is 1. The van der Waals surface area contributed by atoms with Gasteiger partial charge in [-0.05, 0) is 24.9 Å². The molecule has 2 N–H and O–H groups in total. The summed E-state index contributed by atoms with van der Waals surface area (Å²) in [4.78, 5) is 22.0. The smallest absolute Gasteiger partial charge is 0.443 e. The van der Waals surface area contributed by atoms with Gasteiger partial charge < -0.3 is 10.5 Å². The number of carbonyl (C=O) groups is 1. The number of rotatable bonds is 6. The Hall–Kier alpha value is -1.79. The Morgan fingerprint density at radius 3 is 2.88 bits per heavy atom. The van der Waals surface area contributed by atoms with Crippen LogP contribution < -0.4 is 11.5 Å². The van der Waals surface area contributed by atoms with Crippen LogP contribution in [0.3, 0.4) is 0 Å². The summed E-state index contributed by atoms with van der Waals surface area (Å²) in [5.41, 5.74) is 5.40. The van der Waals surface area contributed by atoms with Crippen molar-refractivity contribution in [1.82, 2.24) is 9.72 Å². The van der Waals surface area contributed by atoms with Crippen LogP contribution in [0.4, 0.5) is 5.95 Å². The van der Waals surface area contributed by atoms with Crippen molar-refractivity contribution in [2.45, 2.75) is 32.7 Å². The monoisotopic (exact) mass is 229 g/mol. The first-order chi connectivity index (χ1) is 7.65. The Balaban J connectivity index is 2.26. The van der Waals surface area contributed by atoms with E-state index < -0.39 is 5.76 Å². The van der Waals surface area contributed by atoms with E-state index in [9.17, 15) is 9.59 Å². The molecule has 0 bridgehead atoms. The third-order valence-electron chi connectivity index (χ3n) is 2.03. The summed E-state index contributed by atoms with van der Waals surface area (Å²) in [7, 11) is 0. The molecular formula is C9H15N3O4. The maximum atomic E-state index is 11.0. The molecule has 1 aromatic heterocycles. The third-order valence-corrected chi connectivity index (χ3v) is 2.03. The maximum Gasteiger partial charge on any atom is 0.443 e. The fourth-order valence-electron chi connectivity index (χ4n) is 1.26. The Bertz CT molecular complexity index is 396. The van der Waals surface area contributed by atoms with Gasteiger partial charge in [0.15, 0.2) is 0 Å². The average molecular weight is 229 g/mol. The average Bonchev–Trinajstić information content (AvgIpc) is 2.55. The predicted octanol–water partition coefficient (Wildman–Crippen LogP) is 0.152. The topological polar surface area (TPSA) is 100 Å². The lowest BCUT2D eigenvalue weighted by Crippen LogP contribution is -2.16. The van der Waals surface area contributed by atoms with Crippen LogP contribution >= 0.6 is 0 Å². The summed E-state index contributed by atoms with van der Waals surface area (Å²) in [6, 6.07) is 0. The van der Waals surface area contributed by atoms with Gasteiger partial charge in [-0.25, -0.2) is 9.36 Å². The maximum absolute atomic E-state index is 11.0. The highest BCUT2D eigenvalue weighted by molar-refractivity contribution is 5.69. The van der Waals surface area contributed by atoms with E-state index >= 15 is 0 Å². The van der Waals surface area contributed by atoms with E-state index in [2.05, 4.69) is 9.68 Å². The van der Waals surface area contributed by atoms with E-state index in [1.807, 2.05) is 0 Å². The number of nitrogen functional groups attached to an aromatic ring is 1. The molecule has 16 heavy (non-hydrogen) atoms. The molecule has 7 nitrogen and oxygen atoms in total. The third kappa shape index (κ3) is 3.41. The molecule has 1 rings (SSSR count). The zero-order chi connectivity index (χ0) is 12.0. The predicted molar refractivity (Wildman–Crippen MR) is 55.7 cm³/mol. The lowest BCUT2D eigenvalue weighted by Gasteiger charge is -2.02. The van der Waals surface area contributed by atoms with Crippen LogP contribution in [-0.2, 0) is 16.1 Å². The van der Waals surface area contributed by atoms with Crippen molar-refractivity contribution in [2.24, 2.45) is 0 Å². The molecule has 0 atom stereocenters. The number of hydrogen-bond donors (Lipinski definition) is 1. The summed E-state index contributed by atoms with van der Waals surface area (Å²) >= 11 is 0. The summed E-state index contributed by atoms with van der Waals surface area (Å²) in [6.07, 6.45) is 1.62. The molecule has 0 aromatic carbocycles. The number of nitrogens with zero attached hydrogens (tertiary/aromatic N) is 2. The minimum atomic E-state index is -0.575. The molecule has 0 aliphatic heterocycles. The van der Waals surface area contributed by atoms with Crippen LogP contribution in [0.25, 0.3) is 0 Å². The van der Waals surface area contributed by atoms with E-state index in [1.165, 1.54) is 4.57 Å². The van der Waals surface area contributed by atoms with E-state index in [-0.39, 0.29) is 11.9 Å². The molecule has 0 saturated heterocycles. The van der Waals surface area contributed by atoms with Crippen molar-refractivity contribution in [3.8, 4) is 0 Å².